The first-order valence-electron chi connectivity index (χ1n) is 13.0. The molecule has 2 fully saturated rings. The monoisotopic (exact) mass is 510 g/mol. The number of aromatic nitrogens is 2. The van der Waals surface area contributed by atoms with Gasteiger partial charge in [-0.05, 0) is 48.9 Å². The number of hydrogen-bond acceptors (Lipinski definition) is 6. The molecule has 198 valence electrons. The largest absolute Gasteiger partial charge is 0.616 e. The molecule has 0 bridgehead atoms. The highest BCUT2D eigenvalue weighted by Crippen LogP contribution is 2.48. The minimum absolute atomic E-state index is 0.0102. The number of oxazole rings is 1. The third kappa shape index (κ3) is 4.44. The summed E-state index contributed by atoms with van der Waals surface area (Å²) in [6, 6.07) is 8.13. The molecule has 2 aromatic heterocycles. The van der Waals surface area contributed by atoms with Crippen LogP contribution in [0, 0.1) is 28.9 Å². The molecule has 0 radical (unpaired) electrons. The van der Waals surface area contributed by atoms with Crippen LogP contribution in [0.1, 0.15) is 73.7 Å². The van der Waals surface area contributed by atoms with Gasteiger partial charge in [0.1, 0.15) is 5.56 Å². The van der Waals surface area contributed by atoms with Crippen molar-refractivity contribution in [3.05, 3.63) is 58.9 Å². The number of Topliss-reactive ketones (excluding diaryl/α,β-unsaturated/α-hetero) is 1. The highest BCUT2D eigenvalue weighted by Gasteiger charge is 2.53. The molecule has 37 heavy (non-hydrogen) atoms. The van der Waals surface area contributed by atoms with Gasteiger partial charge >= 0.3 is 11.9 Å². The molecular formula is C28H34N2O7. The first-order valence-corrected chi connectivity index (χ1v) is 13.0. The lowest BCUT2D eigenvalue weighted by atomic mass is 9.75. The van der Waals surface area contributed by atoms with Gasteiger partial charge in [0.25, 0.3) is 5.52 Å². The number of fused-ring (bicyclic) bond motifs is 1. The average Bonchev–Trinajstić information content (AvgIpc) is 3.51. The molecule has 0 saturated carbocycles. The van der Waals surface area contributed by atoms with Crippen LogP contribution in [-0.2, 0) is 15.9 Å². The zero-order valence-electron chi connectivity index (χ0n) is 21.6. The molecule has 9 heteroatoms. The number of carbonyl (C=O) groups is 2. The second-order valence-corrected chi connectivity index (χ2v) is 10.9. The molecule has 1 aromatic carbocycles. The third-order valence-electron chi connectivity index (χ3n) is 8.34. The molecule has 4 heterocycles. The van der Waals surface area contributed by atoms with Crippen molar-refractivity contribution in [3.63, 3.8) is 0 Å². The number of carboxylic acid groups (broad SMARTS) is 1. The van der Waals surface area contributed by atoms with Gasteiger partial charge in [0, 0.05) is 24.5 Å². The Morgan fingerprint density at radius 2 is 1.97 bits per heavy atom. The van der Waals surface area contributed by atoms with Gasteiger partial charge < -0.3 is 29.2 Å². The highest BCUT2D eigenvalue weighted by molar-refractivity contribution is 5.99. The Morgan fingerprint density at radius 3 is 2.68 bits per heavy atom. The van der Waals surface area contributed by atoms with E-state index >= 15 is 0 Å². The van der Waals surface area contributed by atoms with Gasteiger partial charge in [0.05, 0.1) is 24.3 Å². The van der Waals surface area contributed by atoms with E-state index in [0.717, 1.165) is 12.8 Å². The van der Waals surface area contributed by atoms with E-state index in [9.17, 15) is 19.9 Å². The topological polar surface area (TPSA) is 129 Å². The minimum Gasteiger partial charge on any atom is -0.616 e. The van der Waals surface area contributed by atoms with Crippen molar-refractivity contribution in [2.24, 2.45) is 23.7 Å². The standard InChI is InChI=1S/C28H34N2O7/c1-15-10-11-28(17(3)13-16(2)26(37-28)18(4)25(31)20-8-6-12-29-20)36-22(15)14-23-30(34)24-19(27(32)33)7-5-9-21(24)35-23/h5-9,12,15-18,22,26,29H,10-11,13-14H2,1-4H3,(H,32,33)/t15-,16-,17-,18-,22-,26+,28+/m1/s1. The number of carbonyl (C=O) groups excluding carboxylic acids is 1. The maximum atomic E-state index is 13.1. The van der Waals surface area contributed by atoms with Crippen LogP contribution in [-0.4, -0.2) is 39.8 Å². The number of ketones is 1. The average molecular weight is 511 g/mol. The van der Waals surface area contributed by atoms with E-state index in [4.69, 9.17) is 13.9 Å². The molecule has 2 N–H and O–H groups in total. The number of carboxylic acids is 1. The first kappa shape index (κ1) is 25.5. The lowest BCUT2D eigenvalue weighted by molar-refractivity contribution is -0.594. The molecule has 0 amide bonds. The fraction of sp³-hybridized carbons (Fsp3) is 0.536. The zero-order chi connectivity index (χ0) is 26.5. The summed E-state index contributed by atoms with van der Waals surface area (Å²) in [4.78, 5) is 27.7. The molecule has 2 saturated heterocycles. The molecule has 7 atom stereocenters. The number of rotatable bonds is 6. The van der Waals surface area contributed by atoms with Crippen molar-refractivity contribution in [2.75, 3.05) is 0 Å². The van der Waals surface area contributed by atoms with E-state index in [0.29, 0.717) is 16.8 Å². The Hall–Kier alpha value is -3.17. The van der Waals surface area contributed by atoms with Crippen LogP contribution in [0.4, 0.5) is 0 Å². The fourth-order valence-corrected chi connectivity index (χ4v) is 6.12. The number of ether oxygens (including phenoxy) is 2. The maximum Gasteiger partial charge on any atom is 0.362 e. The zero-order valence-corrected chi connectivity index (χ0v) is 21.6. The number of benzene rings is 1. The van der Waals surface area contributed by atoms with Crippen LogP contribution in [0.25, 0.3) is 11.1 Å². The van der Waals surface area contributed by atoms with E-state index in [1.807, 2.05) is 13.0 Å². The summed E-state index contributed by atoms with van der Waals surface area (Å²) in [5.74, 6) is -1.89. The minimum atomic E-state index is -1.18. The number of aromatic carboxylic acids is 1. The van der Waals surface area contributed by atoms with E-state index in [1.54, 1.807) is 24.4 Å². The number of nitrogens with one attached hydrogen (secondary N) is 1. The van der Waals surface area contributed by atoms with Gasteiger partial charge in [-0.1, -0.05) is 33.8 Å². The fourth-order valence-electron chi connectivity index (χ4n) is 6.12. The lowest BCUT2D eigenvalue weighted by Gasteiger charge is -2.53. The summed E-state index contributed by atoms with van der Waals surface area (Å²) in [6.45, 7) is 8.21. The number of hydrogen-bond donors (Lipinski definition) is 2. The van der Waals surface area contributed by atoms with Gasteiger partial charge in [0.15, 0.2) is 11.6 Å². The van der Waals surface area contributed by atoms with Crippen molar-refractivity contribution in [2.45, 2.75) is 71.4 Å². The Balaban J connectivity index is 1.40. The normalized spacial score (nSPS) is 31.0. The van der Waals surface area contributed by atoms with E-state index in [1.165, 1.54) is 6.07 Å². The maximum absolute atomic E-state index is 13.1. The molecule has 1 spiro atoms. The number of H-pyrrole nitrogens is 1. The second-order valence-electron chi connectivity index (χ2n) is 10.9. The van der Waals surface area contributed by atoms with Gasteiger partial charge in [-0.25, -0.2) is 4.79 Å². The molecule has 2 aliphatic heterocycles. The Kier molecular flexibility index (Phi) is 6.62. The molecule has 5 rings (SSSR count). The van der Waals surface area contributed by atoms with Crippen molar-refractivity contribution in [1.82, 2.24) is 4.98 Å². The quantitative estimate of drug-likeness (QED) is 0.279. The Morgan fingerprint density at radius 1 is 1.19 bits per heavy atom. The van der Waals surface area contributed by atoms with Crippen LogP contribution in [0.3, 0.4) is 0 Å². The van der Waals surface area contributed by atoms with Crippen LogP contribution in [0.15, 0.2) is 40.9 Å². The molecule has 9 nitrogen and oxygen atoms in total. The summed E-state index contributed by atoms with van der Waals surface area (Å²) < 4.78 is 19.8. The summed E-state index contributed by atoms with van der Waals surface area (Å²) in [5, 5.41) is 22.6. The van der Waals surface area contributed by atoms with Gasteiger partial charge in [-0.2, -0.15) is 0 Å². The van der Waals surface area contributed by atoms with Crippen LogP contribution >= 0.6 is 0 Å². The first-order chi connectivity index (χ1) is 17.6. The van der Waals surface area contributed by atoms with E-state index in [2.05, 4.69) is 25.8 Å². The van der Waals surface area contributed by atoms with Crippen LogP contribution in [0.5, 0.6) is 0 Å². The number of aromatic amines is 1. The van der Waals surface area contributed by atoms with Crippen molar-refractivity contribution in [3.8, 4) is 0 Å². The Bertz CT molecular complexity index is 1300. The predicted molar refractivity (Wildman–Crippen MR) is 134 cm³/mol. The second kappa shape index (κ2) is 9.61. The summed E-state index contributed by atoms with van der Waals surface area (Å²) in [5.41, 5.74) is 0.711. The van der Waals surface area contributed by atoms with Gasteiger partial charge in [-0.3, -0.25) is 4.79 Å². The molecule has 0 unspecified atom stereocenters. The van der Waals surface area contributed by atoms with Crippen molar-refractivity contribution >= 4 is 22.9 Å². The Labute approximate surface area is 215 Å². The highest BCUT2D eigenvalue weighted by atomic mass is 16.7. The smallest absolute Gasteiger partial charge is 0.362 e. The summed E-state index contributed by atoms with van der Waals surface area (Å²) in [6.07, 6.45) is 3.62. The number of para-hydroxylation sites is 1. The molecule has 2 aliphatic rings. The van der Waals surface area contributed by atoms with E-state index in [-0.39, 0.29) is 70.6 Å². The van der Waals surface area contributed by atoms with Crippen LogP contribution < -0.4 is 4.73 Å². The summed E-state index contributed by atoms with van der Waals surface area (Å²) in [7, 11) is 0. The van der Waals surface area contributed by atoms with Gasteiger partial charge in [0.2, 0.25) is 5.58 Å². The molecule has 0 aliphatic carbocycles. The van der Waals surface area contributed by atoms with Crippen LogP contribution in [0.2, 0.25) is 0 Å². The van der Waals surface area contributed by atoms with Crippen molar-refractivity contribution in [1.29, 1.82) is 0 Å². The van der Waals surface area contributed by atoms with Gasteiger partial charge in [-0.15, -0.1) is 4.73 Å². The molecular weight excluding hydrogens is 476 g/mol. The summed E-state index contributed by atoms with van der Waals surface area (Å²) >= 11 is 0. The third-order valence-corrected chi connectivity index (χ3v) is 8.34. The lowest BCUT2D eigenvalue weighted by Crippen LogP contribution is -2.58. The molecule has 3 aromatic rings. The van der Waals surface area contributed by atoms with Crippen molar-refractivity contribution < 1.29 is 33.3 Å². The number of nitrogens with zero attached hydrogens (tertiary/aromatic N) is 1. The SMILES string of the molecule is C[C@@H]1C[C@@H](C)[C@]2(CC[C@@H](C)[C@@H](Cc3oc4cccc(C(=O)O)c4[n+]3[O-])O2)O[C@@H]1[C@H](C)C(=O)c1ccc[nH]1. The predicted octanol–water partition coefficient (Wildman–Crippen LogP) is 4.73. The van der Waals surface area contributed by atoms with E-state index < -0.39 is 11.8 Å².